The highest BCUT2D eigenvalue weighted by Gasteiger charge is 2.09. The van der Waals surface area contributed by atoms with Gasteiger partial charge in [0.25, 0.3) is 10.1 Å². The highest BCUT2D eigenvalue weighted by Crippen LogP contribution is 2.12. The summed E-state index contributed by atoms with van der Waals surface area (Å²) in [5.74, 6) is 0.708. The van der Waals surface area contributed by atoms with E-state index in [1.165, 1.54) is 0 Å². The number of aromatic nitrogens is 1. The van der Waals surface area contributed by atoms with E-state index in [4.69, 9.17) is 4.52 Å². The number of nitrogens with zero attached hydrogens (tertiary/aromatic N) is 1. The number of rotatable bonds is 4. The molecule has 0 spiro atoms. The Hall–Kier alpha value is -0.880. The van der Waals surface area contributed by atoms with Crippen molar-refractivity contribution in [3.05, 3.63) is 17.0 Å². The van der Waals surface area contributed by atoms with Crippen molar-refractivity contribution in [3.63, 3.8) is 0 Å². The molecule has 0 unspecified atom stereocenters. The van der Waals surface area contributed by atoms with E-state index in [2.05, 4.69) is 9.34 Å². The van der Waals surface area contributed by atoms with Gasteiger partial charge in [-0.2, -0.15) is 8.42 Å². The maximum Gasteiger partial charge on any atom is 0.264 e. The normalized spacial score (nSPS) is 11.9. The zero-order chi connectivity index (χ0) is 10.8. The Kier molecular flexibility index (Phi) is 3.28. The van der Waals surface area contributed by atoms with Crippen LogP contribution < -0.4 is 0 Å². The third-order valence-electron chi connectivity index (χ3n) is 1.83. The molecule has 0 bridgehead atoms. The summed E-state index contributed by atoms with van der Waals surface area (Å²) in [6.07, 6.45) is 1.52. The lowest BCUT2D eigenvalue weighted by Crippen LogP contribution is -2.06. The van der Waals surface area contributed by atoms with Gasteiger partial charge in [0.2, 0.25) is 0 Å². The van der Waals surface area contributed by atoms with Crippen LogP contribution in [-0.4, -0.2) is 26.4 Å². The minimum atomic E-state index is -3.35. The van der Waals surface area contributed by atoms with Crippen molar-refractivity contribution in [1.29, 1.82) is 0 Å². The fraction of sp³-hybridized carbons (Fsp3) is 0.625. The van der Waals surface area contributed by atoms with Gasteiger partial charge in [-0.1, -0.05) is 5.16 Å². The molecule has 80 valence electrons. The second kappa shape index (κ2) is 4.10. The molecule has 1 aromatic heterocycles. The molecule has 5 nitrogen and oxygen atoms in total. The Morgan fingerprint density at radius 1 is 1.43 bits per heavy atom. The van der Waals surface area contributed by atoms with Gasteiger partial charge in [-0.25, -0.2) is 0 Å². The molecule has 0 aromatic carbocycles. The number of hydrogen-bond donors (Lipinski definition) is 0. The van der Waals surface area contributed by atoms with Gasteiger partial charge in [0.05, 0.1) is 18.6 Å². The third kappa shape index (κ3) is 3.12. The zero-order valence-corrected chi connectivity index (χ0v) is 9.22. The molecule has 0 fully saturated rings. The highest BCUT2D eigenvalue weighted by atomic mass is 32.2. The first-order valence-electron chi connectivity index (χ1n) is 4.16. The van der Waals surface area contributed by atoms with Gasteiger partial charge in [0, 0.05) is 12.0 Å². The van der Waals surface area contributed by atoms with Crippen LogP contribution in [0, 0.1) is 13.8 Å². The Labute approximate surface area is 83.2 Å². The summed E-state index contributed by atoms with van der Waals surface area (Å²) >= 11 is 0. The van der Waals surface area contributed by atoms with Crippen molar-refractivity contribution in [1.82, 2.24) is 5.16 Å². The van der Waals surface area contributed by atoms with E-state index >= 15 is 0 Å². The van der Waals surface area contributed by atoms with Crippen molar-refractivity contribution in [2.24, 2.45) is 0 Å². The molecule has 0 radical (unpaired) electrons. The molecule has 1 rings (SSSR count). The predicted octanol–water partition coefficient (Wildman–Crippen LogP) is 0.810. The first-order valence-corrected chi connectivity index (χ1v) is 5.98. The predicted molar refractivity (Wildman–Crippen MR) is 50.5 cm³/mol. The van der Waals surface area contributed by atoms with Crippen LogP contribution in [0.2, 0.25) is 0 Å². The Morgan fingerprint density at radius 3 is 2.50 bits per heavy atom. The van der Waals surface area contributed by atoms with E-state index in [0.29, 0.717) is 12.2 Å². The summed E-state index contributed by atoms with van der Waals surface area (Å²) in [7, 11) is -3.35. The fourth-order valence-corrected chi connectivity index (χ4v) is 1.54. The largest absolute Gasteiger partial charge is 0.361 e. The van der Waals surface area contributed by atoms with E-state index < -0.39 is 10.1 Å². The standard InChI is InChI=1S/C8H13NO4S/c1-6-8(7(2)13-9-6)4-5-12-14(3,10)11/h4-5H2,1-3H3. The first-order chi connectivity index (χ1) is 6.40. The smallest absolute Gasteiger partial charge is 0.264 e. The lowest BCUT2D eigenvalue weighted by Gasteiger charge is -2.00. The van der Waals surface area contributed by atoms with E-state index in [9.17, 15) is 8.42 Å². The Balaban J connectivity index is 2.54. The lowest BCUT2D eigenvalue weighted by atomic mass is 10.1. The minimum Gasteiger partial charge on any atom is -0.361 e. The molecule has 1 heterocycles. The van der Waals surface area contributed by atoms with Crippen molar-refractivity contribution in [2.75, 3.05) is 12.9 Å². The van der Waals surface area contributed by atoms with E-state index in [0.717, 1.165) is 17.5 Å². The average molecular weight is 219 g/mol. The van der Waals surface area contributed by atoms with Crippen LogP contribution in [0.4, 0.5) is 0 Å². The van der Waals surface area contributed by atoms with Crippen LogP contribution in [0.5, 0.6) is 0 Å². The monoisotopic (exact) mass is 219 g/mol. The van der Waals surface area contributed by atoms with Gasteiger partial charge in [0.15, 0.2) is 0 Å². The van der Waals surface area contributed by atoms with Gasteiger partial charge in [-0.05, 0) is 13.8 Å². The van der Waals surface area contributed by atoms with Crippen molar-refractivity contribution < 1.29 is 17.1 Å². The molecule has 0 aliphatic carbocycles. The van der Waals surface area contributed by atoms with Crippen LogP contribution in [0.1, 0.15) is 17.0 Å². The summed E-state index contributed by atoms with van der Waals surface area (Å²) in [5, 5.41) is 3.75. The fourth-order valence-electron chi connectivity index (χ4n) is 1.15. The van der Waals surface area contributed by atoms with Crippen LogP contribution in [0.15, 0.2) is 4.52 Å². The molecule has 0 aliphatic rings. The van der Waals surface area contributed by atoms with Gasteiger partial charge in [0.1, 0.15) is 5.76 Å². The topological polar surface area (TPSA) is 69.4 Å². The molecule has 1 aromatic rings. The highest BCUT2D eigenvalue weighted by molar-refractivity contribution is 7.85. The van der Waals surface area contributed by atoms with Gasteiger partial charge < -0.3 is 4.52 Å². The lowest BCUT2D eigenvalue weighted by molar-refractivity contribution is 0.324. The maximum absolute atomic E-state index is 10.7. The summed E-state index contributed by atoms with van der Waals surface area (Å²) in [6.45, 7) is 3.73. The molecular formula is C8H13NO4S. The van der Waals surface area contributed by atoms with E-state index in [1.54, 1.807) is 6.92 Å². The molecular weight excluding hydrogens is 206 g/mol. The Morgan fingerprint density at radius 2 is 2.07 bits per heavy atom. The van der Waals surface area contributed by atoms with Crippen LogP contribution >= 0.6 is 0 Å². The van der Waals surface area contributed by atoms with Crippen molar-refractivity contribution >= 4 is 10.1 Å². The van der Waals surface area contributed by atoms with Crippen molar-refractivity contribution in [3.8, 4) is 0 Å². The van der Waals surface area contributed by atoms with Crippen LogP contribution in [-0.2, 0) is 20.7 Å². The molecule has 0 aliphatic heterocycles. The van der Waals surface area contributed by atoms with Crippen LogP contribution in [0.3, 0.4) is 0 Å². The summed E-state index contributed by atoms with van der Waals surface area (Å²) in [4.78, 5) is 0. The van der Waals surface area contributed by atoms with Crippen LogP contribution in [0.25, 0.3) is 0 Å². The van der Waals surface area contributed by atoms with E-state index in [1.807, 2.05) is 6.92 Å². The molecule has 0 amide bonds. The molecule has 0 saturated heterocycles. The second-order valence-corrected chi connectivity index (χ2v) is 4.72. The van der Waals surface area contributed by atoms with Gasteiger partial charge in [-0.3, -0.25) is 4.18 Å². The van der Waals surface area contributed by atoms with Gasteiger partial charge in [-0.15, -0.1) is 0 Å². The zero-order valence-electron chi connectivity index (χ0n) is 8.40. The molecule has 14 heavy (non-hydrogen) atoms. The molecule has 0 atom stereocenters. The SMILES string of the molecule is Cc1noc(C)c1CCOS(C)(=O)=O. The molecule has 0 N–H and O–H groups in total. The average Bonchev–Trinajstić information content (AvgIpc) is 2.33. The maximum atomic E-state index is 10.7. The third-order valence-corrected chi connectivity index (χ3v) is 2.43. The van der Waals surface area contributed by atoms with Gasteiger partial charge >= 0.3 is 0 Å². The second-order valence-electron chi connectivity index (χ2n) is 3.08. The summed E-state index contributed by atoms with van der Waals surface area (Å²) in [5.41, 5.74) is 1.69. The summed E-state index contributed by atoms with van der Waals surface area (Å²) < 4.78 is 30.9. The Bertz CT molecular complexity index is 387. The quantitative estimate of drug-likeness (QED) is 0.701. The van der Waals surface area contributed by atoms with E-state index in [-0.39, 0.29) is 6.61 Å². The summed E-state index contributed by atoms with van der Waals surface area (Å²) in [6, 6.07) is 0. The first kappa shape index (κ1) is 11.2. The molecule has 6 heteroatoms. The molecule has 0 saturated carbocycles. The number of aryl methyl sites for hydroxylation is 2. The number of hydrogen-bond acceptors (Lipinski definition) is 5. The minimum absolute atomic E-state index is 0.127. The van der Waals surface area contributed by atoms with Crippen molar-refractivity contribution in [2.45, 2.75) is 20.3 Å².